The maximum Gasteiger partial charge on any atom is 0.192 e. The second-order valence-electron chi connectivity index (χ2n) is 16.0. The first-order valence-corrected chi connectivity index (χ1v) is 23.3. The first-order chi connectivity index (χ1) is 17.9. The highest BCUT2D eigenvalue weighted by Crippen LogP contribution is 2.47. The van der Waals surface area contributed by atoms with Crippen LogP contribution in [0.4, 0.5) is 5.82 Å². The second kappa shape index (κ2) is 10.9. The number of pyridine rings is 1. The zero-order valence-corrected chi connectivity index (χ0v) is 30.8. The molecule has 4 atom stereocenters. The van der Waals surface area contributed by atoms with E-state index in [1.165, 1.54) is 0 Å². The van der Waals surface area contributed by atoms with Gasteiger partial charge >= 0.3 is 0 Å². The van der Waals surface area contributed by atoms with Gasteiger partial charge in [-0.1, -0.05) is 62.3 Å². The number of anilines is 1. The molecule has 0 spiro atoms. The molecule has 1 aliphatic heterocycles. The van der Waals surface area contributed by atoms with Crippen LogP contribution in [0.2, 0.25) is 54.4 Å². The third-order valence-corrected chi connectivity index (χ3v) is 23.4. The van der Waals surface area contributed by atoms with Gasteiger partial charge in [0.15, 0.2) is 37.0 Å². The summed E-state index contributed by atoms with van der Waals surface area (Å²) in [4.78, 5) is 8.86. The van der Waals surface area contributed by atoms with Crippen LogP contribution >= 0.6 is 0 Å². The van der Waals surface area contributed by atoms with Crippen molar-refractivity contribution in [2.24, 2.45) is 0 Å². The van der Waals surface area contributed by atoms with Crippen LogP contribution in [-0.2, 0) is 18.0 Å². The Morgan fingerprint density at radius 2 is 1.30 bits per heavy atom. The lowest BCUT2D eigenvalue weighted by atomic mass is 10.1. The Labute approximate surface area is 246 Å². The molecule has 0 radical (unpaired) electrons. The fourth-order valence-corrected chi connectivity index (χ4v) is 7.68. The predicted octanol–water partition coefficient (Wildman–Crippen LogP) is 7.71. The summed E-state index contributed by atoms with van der Waals surface area (Å²) in [6.45, 7) is 34.6. The molecule has 0 saturated carbocycles. The average molecular weight is 609 g/mol. The van der Waals surface area contributed by atoms with Gasteiger partial charge < -0.3 is 28.3 Å². The molecule has 2 aromatic heterocycles. The number of aromatic nitrogens is 3. The molecule has 0 aliphatic carbocycles. The molecule has 0 bridgehead atoms. The lowest BCUT2D eigenvalue weighted by molar-refractivity contribution is -0.0468. The molecular weight excluding hydrogens is 553 g/mol. The summed E-state index contributed by atoms with van der Waals surface area (Å²) in [6, 6.07) is 1.94. The maximum atomic E-state index is 7.25. The van der Waals surface area contributed by atoms with Crippen LogP contribution in [0.25, 0.3) is 11.0 Å². The average Bonchev–Trinajstić information content (AvgIpc) is 3.32. The van der Waals surface area contributed by atoms with Gasteiger partial charge in [0.1, 0.15) is 23.8 Å². The number of nitrogen functional groups attached to an aromatic ring is 1. The first-order valence-electron chi connectivity index (χ1n) is 14.6. The lowest BCUT2D eigenvalue weighted by Crippen LogP contribution is -2.54. The van der Waals surface area contributed by atoms with Crippen molar-refractivity contribution in [2.75, 3.05) is 12.3 Å². The van der Waals surface area contributed by atoms with Gasteiger partial charge in [-0.3, -0.25) is 0 Å². The summed E-state index contributed by atoms with van der Waals surface area (Å²) in [5.41, 5.74) is 7.74. The van der Waals surface area contributed by atoms with Gasteiger partial charge in [-0.25, -0.2) is 9.97 Å². The Morgan fingerprint density at radius 1 is 0.800 bits per heavy atom. The van der Waals surface area contributed by atoms with Gasteiger partial charge in [0.2, 0.25) is 0 Å². The van der Waals surface area contributed by atoms with Crippen molar-refractivity contribution in [3.63, 3.8) is 0 Å². The van der Waals surface area contributed by atoms with Crippen molar-refractivity contribution in [3.8, 4) is 0 Å². The van der Waals surface area contributed by atoms with E-state index in [0.717, 1.165) is 5.52 Å². The minimum atomic E-state index is -2.23. The number of ether oxygens (including phenoxy) is 1. The molecule has 8 nitrogen and oxygen atoms in total. The van der Waals surface area contributed by atoms with E-state index in [4.69, 9.17) is 23.7 Å². The van der Waals surface area contributed by atoms with Crippen LogP contribution in [0, 0.1) is 0 Å². The second-order valence-corrected chi connectivity index (χ2v) is 30.4. The minimum absolute atomic E-state index is 0.0140. The van der Waals surface area contributed by atoms with Crippen LogP contribution in [0.15, 0.2) is 18.6 Å². The topological polar surface area (TPSA) is 93.7 Å². The molecule has 1 aliphatic rings. The SMILES string of the molecule is CC(C)(C)[Si](C)(C)OC[C@H]1O[C@@H](n2cnc3c(N)nccc32)C(O[Si](C)(C)C(C)(C)C)C1O[Si](C)(C)C(C)(C)C. The van der Waals surface area contributed by atoms with E-state index in [2.05, 4.69) is 116 Å². The quantitative estimate of drug-likeness (QED) is 0.307. The van der Waals surface area contributed by atoms with E-state index in [1.54, 1.807) is 12.5 Å². The van der Waals surface area contributed by atoms with Crippen LogP contribution in [0.3, 0.4) is 0 Å². The van der Waals surface area contributed by atoms with Crippen molar-refractivity contribution < 1.29 is 18.0 Å². The van der Waals surface area contributed by atoms with E-state index in [0.29, 0.717) is 17.9 Å². The molecule has 0 aromatic carbocycles. The van der Waals surface area contributed by atoms with Gasteiger partial charge in [0.05, 0.1) is 18.5 Å². The standard InChI is InChI=1S/C29H56N4O4Si3/c1-27(2,3)38(10,11)34-18-21-23(36-39(12,13)28(4,5)6)24(37-40(14,15)29(7,8)9)26(35-21)33-19-32-22-20(33)16-17-31-25(22)30/h16-17,19,21,23-24,26H,18H2,1-15H3,(H2,30,31)/t21-,23?,24?,26-/m1/s1. The van der Waals surface area contributed by atoms with E-state index < -0.39 is 31.2 Å². The number of rotatable bonds is 8. The molecule has 228 valence electrons. The minimum Gasteiger partial charge on any atom is -0.414 e. The van der Waals surface area contributed by atoms with Crippen LogP contribution in [0.1, 0.15) is 68.5 Å². The molecule has 3 heterocycles. The molecule has 2 aromatic rings. The van der Waals surface area contributed by atoms with Crippen molar-refractivity contribution >= 4 is 41.8 Å². The largest absolute Gasteiger partial charge is 0.414 e. The van der Waals surface area contributed by atoms with E-state index >= 15 is 0 Å². The normalized spacial score (nSPS) is 23.8. The van der Waals surface area contributed by atoms with Crippen LogP contribution < -0.4 is 5.73 Å². The third-order valence-electron chi connectivity index (χ3n) is 9.97. The number of fused-ring (bicyclic) bond motifs is 1. The van der Waals surface area contributed by atoms with Gasteiger partial charge in [-0.05, 0) is 60.5 Å². The predicted molar refractivity (Wildman–Crippen MR) is 173 cm³/mol. The highest BCUT2D eigenvalue weighted by molar-refractivity contribution is 6.75. The Morgan fingerprint density at radius 3 is 1.80 bits per heavy atom. The first kappa shape index (κ1) is 33.4. The molecule has 1 saturated heterocycles. The van der Waals surface area contributed by atoms with Gasteiger partial charge in [-0.2, -0.15) is 0 Å². The summed E-state index contributed by atoms with van der Waals surface area (Å²) in [5, 5.41) is 0.127. The Bertz CT molecular complexity index is 1180. The molecular formula is C29H56N4O4Si3. The number of nitrogens with two attached hydrogens (primary N) is 1. The fourth-order valence-electron chi connectivity index (χ4n) is 4.06. The van der Waals surface area contributed by atoms with Gasteiger partial charge in [-0.15, -0.1) is 0 Å². The van der Waals surface area contributed by atoms with Crippen molar-refractivity contribution in [1.29, 1.82) is 0 Å². The van der Waals surface area contributed by atoms with E-state index in [-0.39, 0.29) is 33.4 Å². The smallest absolute Gasteiger partial charge is 0.192 e. The summed E-state index contributed by atoms with van der Waals surface area (Å²) >= 11 is 0. The van der Waals surface area contributed by atoms with Crippen molar-refractivity contribution in [1.82, 2.24) is 14.5 Å². The van der Waals surface area contributed by atoms with Crippen LogP contribution in [-0.4, -0.2) is 64.4 Å². The summed E-state index contributed by atoms with van der Waals surface area (Å²) in [6.07, 6.45) is 2.16. The van der Waals surface area contributed by atoms with Gasteiger partial charge in [0.25, 0.3) is 0 Å². The molecule has 0 amide bonds. The van der Waals surface area contributed by atoms with Crippen LogP contribution in [0.5, 0.6) is 0 Å². The number of hydrogen-bond acceptors (Lipinski definition) is 7. The Balaban J connectivity index is 2.15. The molecule has 2 unspecified atom stereocenters. The Hall–Kier alpha value is -1.09. The molecule has 1 fully saturated rings. The van der Waals surface area contributed by atoms with E-state index in [1.807, 2.05) is 6.07 Å². The Kier molecular flexibility index (Phi) is 9.09. The van der Waals surface area contributed by atoms with Crippen molar-refractivity contribution in [2.45, 2.75) is 141 Å². The number of nitrogens with zero attached hydrogens (tertiary/aromatic N) is 3. The summed E-state index contributed by atoms with van der Waals surface area (Å²) in [7, 11) is -6.48. The number of hydrogen-bond donors (Lipinski definition) is 1. The number of imidazole rings is 1. The zero-order valence-electron chi connectivity index (χ0n) is 27.8. The summed E-state index contributed by atoms with van der Waals surface area (Å²) in [5.74, 6) is 0.406. The maximum absolute atomic E-state index is 7.25. The lowest BCUT2D eigenvalue weighted by Gasteiger charge is -2.44. The van der Waals surface area contributed by atoms with E-state index in [9.17, 15) is 0 Å². The van der Waals surface area contributed by atoms with Gasteiger partial charge in [0, 0.05) is 6.20 Å². The fraction of sp³-hybridized carbons (Fsp3) is 0.793. The highest BCUT2D eigenvalue weighted by Gasteiger charge is 2.55. The molecule has 40 heavy (non-hydrogen) atoms. The third kappa shape index (κ3) is 6.60. The summed E-state index contributed by atoms with van der Waals surface area (Å²) < 4.78 is 30.3. The molecule has 3 rings (SSSR count). The molecule has 11 heteroatoms. The highest BCUT2D eigenvalue weighted by atomic mass is 28.4. The zero-order chi connectivity index (χ0) is 30.7. The van der Waals surface area contributed by atoms with Crippen molar-refractivity contribution in [3.05, 3.63) is 18.6 Å². The molecule has 2 N–H and O–H groups in total. The monoisotopic (exact) mass is 608 g/mol.